The molecule has 1 heterocycles. The normalized spacial score (nSPS) is 14.7. The first-order valence-corrected chi connectivity index (χ1v) is 9.23. The quantitative estimate of drug-likeness (QED) is 0.575. The summed E-state index contributed by atoms with van der Waals surface area (Å²) < 4.78 is 5.51. The molecule has 0 unspecified atom stereocenters. The first-order valence-electron chi connectivity index (χ1n) is 9.23. The molecule has 7 nitrogen and oxygen atoms in total. The van der Waals surface area contributed by atoms with Crippen LogP contribution in [0.1, 0.15) is 39.3 Å². The summed E-state index contributed by atoms with van der Waals surface area (Å²) in [7, 11) is 1.74. The highest BCUT2D eigenvalue weighted by atomic mass is 16.6. The molecular formula is C19H31N5O2. The van der Waals surface area contributed by atoms with Crippen molar-refractivity contribution >= 4 is 12.1 Å². The molecule has 26 heavy (non-hydrogen) atoms. The van der Waals surface area contributed by atoms with E-state index in [0.717, 1.165) is 37.5 Å². The topological polar surface area (TPSA) is 78.9 Å². The Hall–Kier alpha value is -2.31. The van der Waals surface area contributed by atoms with Crippen molar-refractivity contribution in [3.05, 3.63) is 30.1 Å². The number of rotatable bonds is 7. The predicted octanol–water partition coefficient (Wildman–Crippen LogP) is 2.19. The van der Waals surface area contributed by atoms with E-state index in [2.05, 4.69) is 20.6 Å². The molecule has 0 radical (unpaired) electrons. The van der Waals surface area contributed by atoms with Gasteiger partial charge in [0.25, 0.3) is 0 Å². The second kappa shape index (κ2) is 9.40. The van der Waals surface area contributed by atoms with Gasteiger partial charge in [0.1, 0.15) is 5.60 Å². The maximum atomic E-state index is 12.3. The van der Waals surface area contributed by atoms with Crippen LogP contribution < -0.4 is 10.6 Å². The van der Waals surface area contributed by atoms with Crippen LogP contribution in [-0.4, -0.2) is 60.3 Å². The Kier molecular flexibility index (Phi) is 7.24. The number of nitrogens with zero attached hydrogens (tertiary/aromatic N) is 3. The van der Waals surface area contributed by atoms with E-state index in [9.17, 15) is 4.79 Å². The third-order valence-electron chi connectivity index (χ3n) is 3.88. The molecule has 2 N–H and O–H groups in total. The van der Waals surface area contributed by atoms with Gasteiger partial charge in [0.15, 0.2) is 5.96 Å². The molecule has 1 aromatic rings. The average Bonchev–Trinajstić information content (AvgIpc) is 3.41. The van der Waals surface area contributed by atoms with Gasteiger partial charge >= 0.3 is 6.09 Å². The van der Waals surface area contributed by atoms with Gasteiger partial charge in [-0.25, -0.2) is 4.79 Å². The maximum absolute atomic E-state index is 12.3. The first kappa shape index (κ1) is 20.0. The molecule has 0 aromatic carbocycles. The van der Waals surface area contributed by atoms with Crippen LogP contribution in [0.5, 0.6) is 0 Å². The lowest BCUT2D eigenvalue weighted by Gasteiger charge is -2.27. The zero-order chi connectivity index (χ0) is 19.0. The van der Waals surface area contributed by atoms with Gasteiger partial charge < -0.3 is 20.3 Å². The van der Waals surface area contributed by atoms with E-state index < -0.39 is 5.60 Å². The molecule has 1 fully saturated rings. The Morgan fingerprint density at radius 3 is 2.62 bits per heavy atom. The molecule has 144 valence electrons. The van der Waals surface area contributed by atoms with Crippen molar-refractivity contribution in [1.82, 2.24) is 20.5 Å². The number of pyridine rings is 1. The Labute approximate surface area is 156 Å². The molecule has 1 aliphatic carbocycles. The molecule has 0 saturated heterocycles. The van der Waals surface area contributed by atoms with Crippen LogP contribution in [0, 0.1) is 0 Å². The van der Waals surface area contributed by atoms with E-state index >= 15 is 0 Å². The number of guanidine groups is 1. The molecule has 0 aliphatic heterocycles. The van der Waals surface area contributed by atoms with Crippen molar-refractivity contribution in [2.24, 2.45) is 4.99 Å². The summed E-state index contributed by atoms with van der Waals surface area (Å²) in [5.74, 6) is 0.723. The lowest BCUT2D eigenvalue weighted by molar-refractivity contribution is 0.0238. The van der Waals surface area contributed by atoms with Crippen LogP contribution in [0.2, 0.25) is 0 Å². The Morgan fingerprint density at radius 1 is 1.31 bits per heavy atom. The molecule has 0 atom stereocenters. The predicted molar refractivity (Wildman–Crippen MR) is 103 cm³/mol. The zero-order valence-electron chi connectivity index (χ0n) is 16.3. The van der Waals surface area contributed by atoms with Crippen LogP contribution in [0.3, 0.4) is 0 Å². The summed E-state index contributed by atoms with van der Waals surface area (Å²) >= 11 is 0. The summed E-state index contributed by atoms with van der Waals surface area (Å²) in [5.41, 5.74) is 0.570. The molecule has 1 aliphatic rings. The number of nitrogens with one attached hydrogen (secondary N) is 2. The van der Waals surface area contributed by atoms with Crippen molar-refractivity contribution in [1.29, 1.82) is 0 Å². The third kappa shape index (κ3) is 7.29. The number of aliphatic imine (C=N–C) groups is 1. The van der Waals surface area contributed by atoms with Crippen LogP contribution in [-0.2, 0) is 11.2 Å². The number of aromatic nitrogens is 1. The molecule has 1 saturated carbocycles. The average molecular weight is 361 g/mol. The smallest absolute Gasteiger partial charge is 0.410 e. The van der Waals surface area contributed by atoms with Crippen molar-refractivity contribution in [2.45, 2.75) is 51.7 Å². The standard InChI is InChI=1S/C19H31N5O2/c1-19(2,3)26-18(25)24(16-8-9-16)14-13-23-17(20-4)22-12-10-15-7-5-6-11-21-15/h5-7,11,16H,8-10,12-14H2,1-4H3,(H2,20,22,23). The fraction of sp³-hybridized carbons (Fsp3) is 0.632. The van der Waals surface area contributed by atoms with Gasteiger partial charge in [0.05, 0.1) is 0 Å². The highest BCUT2D eigenvalue weighted by Crippen LogP contribution is 2.27. The minimum atomic E-state index is -0.472. The number of hydrogen-bond acceptors (Lipinski definition) is 4. The molecule has 1 aromatic heterocycles. The molecule has 2 rings (SSSR count). The second-order valence-corrected chi connectivity index (χ2v) is 7.40. The zero-order valence-corrected chi connectivity index (χ0v) is 16.3. The van der Waals surface area contributed by atoms with E-state index in [4.69, 9.17) is 4.74 Å². The summed E-state index contributed by atoms with van der Waals surface area (Å²) in [6.45, 7) is 7.64. The Balaban J connectivity index is 1.72. The van der Waals surface area contributed by atoms with Crippen molar-refractivity contribution < 1.29 is 9.53 Å². The number of carbonyl (C=O) groups is 1. The van der Waals surface area contributed by atoms with E-state index in [0.29, 0.717) is 19.1 Å². The highest BCUT2D eigenvalue weighted by molar-refractivity contribution is 5.79. The van der Waals surface area contributed by atoms with Gasteiger partial charge in [-0.15, -0.1) is 0 Å². The Bertz CT molecular complexity index is 594. The number of carbonyl (C=O) groups excluding carboxylic acids is 1. The van der Waals surface area contributed by atoms with E-state index in [1.165, 1.54) is 0 Å². The monoisotopic (exact) mass is 361 g/mol. The fourth-order valence-corrected chi connectivity index (χ4v) is 2.50. The van der Waals surface area contributed by atoms with Crippen molar-refractivity contribution in [2.75, 3.05) is 26.7 Å². The van der Waals surface area contributed by atoms with Crippen molar-refractivity contribution in [3.63, 3.8) is 0 Å². The van der Waals surface area contributed by atoms with E-state index in [1.807, 2.05) is 43.9 Å². The summed E-state index contributed by atoms with van der Waals surface area (Å²) in [4.78, 5) is 22.7. The molecule has 1 amide bonds. The third-order valence-corrected chi connectivity index (χ3v) is 3.88. The number of hydrogen-bond donors (Lipinski definition) is 2. The van der Waals surface area contributed by atoms with E-state index in [-0.39, 0.29) is 6.09 Å². The SMILES string of the molecule is CN=C(NCCc1ccccn1)NCCN(C(=O)OC(C)(C)C)C1CC1. The number of amides is 1. The fourth-order valence-electron chi connectivity index (χ4n) is 2.50. The van der Waals surface area contributed by atoms with Crippen LogP contribution in [0.15, 0.2) is 29.4 Å². The summed E-state index contributed by atoms with van der Waals surface area (Å²) in [6.07, 6.45) is 4.49. The van der Waals surface area contributed by atoms with Gasteiger partial charge in [-0.3, -0.25) is 9.98 Å². The van der Waals surface area contributed by atoms with Crippen molar-refractivity contribution in [3.8, 4) is 0 Å². The van der Waals surface area contributed by atoms with Gasteiger partial charge in [-0.1, -0.05) is 6.07 Å². The van der Waals surface area contributed by atoms with Crippen LogP contribution in [0.4, 0.5) is 4.79 Å². The molecule has 7 heteroatoms. The highest BCUT2D eigenvalue weighted by Gasteiger charge is 2.34. The van der Waals surface area contributed by atoms with Crippen LogP contribution >= 0.6 is 0 Å². The Morgan fingerprint density at radius 2 is 2.04 bits per heavy atom. The lowest BCUT2D eigenvalue weighted by Crippen LogP contribution is -2.45. The van der Waals surface area contributed by atoms with Gasteiger partial charge in [-0.2, -0.15) is 0 Å². The van der Waals surface area contributed by atoms with Crippen LogP contribution in [0.25, 0.3) is 0 Å². The second-order valence-electron chi connectivity index (χ2n) is 7.40. The van der Waals surface area contributed by atoms with Gasteiger partial charge in [-0.05, 0) is 45.7 Å². The molecular weight excluding hydrogens is 330 g/mol. The minimum absolute atomic E-state index is 0.236. The van der Waals surface area contributed by atoms with Gasteiger partial charge in [0, 0.05) is 51.0 Å². The summed E-state index contributed by atoms with van der Waals surface area (Å²) in [6, 6.07) is 6.21. The maximum Gasteiger partial charge on any atom is 0.410 e. The molecule has 0 bridgehead atoms. The van der Waals surface area contributed by atoms with E-state index in [1.54, 1.807) is 13.2 Å². The minimum Gasteiger partial charge on any atom is -0.444 e. The molecule has 0 spiro atoms. The lowest BCUT2D eigenvalue weighted by atomic mass is 10.2. The number of ether oxygens (including phenoxy) is 1. The van der Waals surface area contributed by atoms with Gasteiger partial charge in [0.2, 0.25) is 0 Å². The largest absolute Gasteiger partial charge is 0.444 e. The summed E-state index contributed by atoms with van der Waals surface area (Å²) in [5, 5.41) is 6.52. The first-order chi connectivity index (χ1) is 12.4.